The average molecular weight is 542 g/mol. The van der Waals surface area contributed by atoms with Gasteiger partial charge in [-0.05, 0) is 43.5 Å². The fourth-order valence-electron chi connectivity index (χ4n) is 4.90. The Morgan fingerprint density at radius 3 is 2.37 bits per heavy atom. The zero-order valence-electron chi connectivity index (χ0n) is 22.4. The van der Waals surface area contributed by atoms with E-state index in [1.165, 1.54) is 11.4 Å². The molecular weight excluding hydrogens is 506 g/mol. The van der Waals surface area contributed by atoms with E-state index >= 15 is 0 Å². The van der Waals surface area contributed by atoms with Crippen molar-refractivity contribution < 1.29 is 27.6 Å². The van der Waals surface area contributed by atoms with Crippen LogP contribution in [0.4, 0.5) is 0 Å². The predicted octanol–water partition coefficient (Wildman–Crippen LogP) is 3.64. The summed E-state index contributed by atoms with van der Waals surface area (Å²) in [4.78, 5) is 15.6. The number of carbonyl (C=O) groups is 1. The molecule has 0 fully saturated rings. The zero-order chi connectivity index (χ0) is 27.6. The van der Waals surface area contributed by atoms with Gasteiger partial charge >= 0.3 is 0 Å². The van der Waals surface area contributed by atoms with E-state index in [1.807, 2.05) is 49.4 Å². The normalized spacial score (nSPS) is 19.6. The van der Waals surface area contributed by atoms with Crippen LogP contribution in [0.5, 0.6) is 0 Å². The summed E-state index contributed by atoms with van der Waals surface area (Å²) in [6.07, 6.45) is -0.550. The van der Waals surface area contributed by atoms with Crippen LogP contribution in [0, 0.1) is 19.8 Å². The first-order chi connectivity index (χ1) is 18.1. The van der Waals surface area contributed by atoms with Crippen LogP contribution >= 0.6 is 0 Å². The first kappa shape index (κ1) is 28.0. The van der Waals surface area contributed by atoms with Crippen LogP contribution < -0.4 is 0 Å². The molecule has 1 aliphatic heterocycles. The summed E-state index contributed by atoms with van der Waals surface area (Å²) in [5, 5.41) is 13.8. The lowest BCUT2D eigenvalue weighted by molar-refractivity contribution is -0.0146. The van der Waals surface area contributed by atoms with Gasteiger partial charge in [-0.15, -0.1) is 0 Å². The number of nitrogens with zero attached hydrogens (tertiary/aromatic N) is 3. The van der Waals surface area contributed by atoms with Gasteiger partial charge in [0.15, 0.2) is 5.76 Å². The average Bonchev–Trinajstić information content (AvgIpc) is 3.25. The largest absolute Gasteiger partial charge is 0.394 e. The Balaban J connectivity index is 1.75. The van der Waals surface area contributed by atoms with E-state index in [9.17, 15) is 18.3 Å². The summed E-state index contributed by atoms with van der Waals surface area (Å²) in [6.45, 7) is 7.25. The van der Waals surface area contributed by atoms with Gasteiger partial charge in [-0.2, -0.15) is 4.31 Å². The number of rotatable bonds is 6. The Labute approximate surface area is 224 Å². The monoisotopic (exact) mass is 541 g/mol. The van der Waals surface area contributed by atoms with Gasteiger partial charge in [-0.1, -0.05) is 54.5 Å². The van der Waals surface area contributed by atoms with Crippen molar-refractivity contribution in [2.45, 2.75) is 51.3 Å². The van der Waals surface area contributed by atoms with Crippen molar-refractivity contribution in [1.29, 1.82) is 0 Å². The number of likely N-dealkylation sites (N-methyl/N-ethyl adjacent to an activating group) is 1. The van der Waals surface area contributed by atoms with E-state index in [-0.39, 0.29) is 48.8 Å². The van der Waals surface area contributed by atoms with E-state index in [2.05, 4.69) is 5.16 Å². The molecule has 4 rings (SSSR count). The number of aliphatic hydroxyl groups is 1. The molecule has 9 nitrogen and oxygen atoms in total. The molecule has 0 spiro atoms. The molecule has 3 aromatic rings. The molecule has 0 saturated heterocycles. The third-order valence-electron chi connectivity index (χ3n) is 7.17. The fraction of sp³-hybridized carbons (Fsp3) is 0.429. The topological polar surface area (TPSA) is 113 Å². The van der Waals surface area contributed by atoms with Gasteiger partial charge in [0.1, 0.15) is 10.6 Å². The molecule has 1 amide bonds. The molecule has 2 heterocycles. The number of aromatic nitrogens is 1. The Kier molecular flexibility index (Phi) is 8.37. The fourth-order valence-corrected chi connectivity index (χ4v) is 6.37. The van der Waals surface area contributed by atoms with Gasteiger partial charge in [-0.25, -0.2) is 8.42 Å². The Bertz CT molecular complexity index is 1380. The summed E-state index contributed by atoms with van der Waals surface area (Å²) >= 11 is 0. The standard InChI is InChI=1S/C28H35N3O6S/c1-18-14-31(19(2)16-32)28(33)25-13-9-8-12-24(25)23-11-7-6-10-22(23)17-36-26(18)15-30(5)38(34,35)27-20(3)29-37-21(27)4/h6-13,18-19,26,32H,14-17H2,1-5H3/t18-,19+,26+/m1/s1. The second-order valence-electron chi connectivity index (χ2n) is 9.96. The molecular formula is C28H35N3O6S. The minimum Gasteiger partial charge on any atom is -0.394 e. The van der Waals surface area contributed by atoms with Crippen molar-refractivity contribution in [3.05, 3.63) is 71.1 Å². The van der Waals surface area contributed by atoms with Gasteiger partial charge in [0.2, 0.25) is 10.0 Å². The molecule has 1 aromatic heterocycles. The maximum Gasteiger partial charge on any atom is 0.254 e. The number of carbonyl (C=O) groups excluding carboxylic acids is 1. The van der Waals surface area contributed by atoms with Gasteiger partial charge in [0.05, 0.1) is 25.4 Å². The highest BCUT2D eigenvalue weighted by molar-refractivity contribution is 7.89. The predicted molar refractivity (Wildman–Crippen MR) is 143 cm³/mol. The maximum atomic E-state index is 13.9. The highest BCUT2D eigenvalue weighted by Crippen LogP contribution is 2.31. The number of sulfonamides is 1. The third-order valence-corrected chi connectivity index (χ3v) is 9.24. The second kappa shape index (κ2) is 11.4. The summed E-state index contributed by atoms with van der Waals surface area (Å²) in [6, 6.07) is 14.7. The van der Waals surface area contributed by atoms with Gasteiger partial charge in [0.25, 0.3) is 5.91 Å². The number of hydrogen-bond donors (Lipinski definition) is 1. The van der Waals surface area contributed by atoms with Crippen molar-refractivity contribution in [2.75, 3.05) is 26.7 Å². The minimum atomic E-state index is -3.90. The second-order valence-corrected chi connectivity index (χ2v) is 11.9. The van der Waals surface area contributed by atoms with E-state index in [0.29, 0.717) is 11.3 Å². The molecule has 1 aliphatic rings. The zero-order valence-corrected chi connectivity index (χ0v) is 23.2. The van der Waals surface area contributed by atoms with Crippen LogP contribution in [0.25, 0.3) is 11.1 Å². The SMILES string of the molecule is Cc1noc(C)c1S(=O)(=O)N(C)C[C@@H]1OCc2ccccc2-c2ccccc2C(=O)N([C@@H](C)CO)C[C@H]1C. The number of aliphatic hydroxyl groups excluding tert-OH is 1. The summed E-state index contributed by atoms with van der Waals surface area (Å²) in [5.74, 6) is -0.222. The number of ether oxygens (including phenoxy) is 1. The first-order valence-corrected chi connectivity index (χ1v) is 14.1. The van der Waals surface area contributed by atoms with Crippen LogP contribution in [0.2, 0.25) is 0 Å². The number of fused-ring (bicyclic) bond motifs is 3. The highest BCUT2D eigenvalue weighted by atomic mass is 32.2. The third kappa shape index (κ3) is 5.40. The summed E-state index contributed by atoms with van der Waals surface area (Å²) in [5.41, 5.74) is 3.40. The lowest BCUT2D eigenvalue weighted by Crippen LogP contribution is -2.47. The van der Waals surface area contributed by atoms with Gasteiger partial charge in [-0.3, -0.25) is 4.79 Å². The Hall–Kier alpha value is -3.05. The molecule has 3 atom stereocenters. The van der Waals surface area contributed by atoms with E-state index in [4.69, 9.17) is 9.26 Å². The number of benzene rings is 2. The highest BCUT2D eigenvalue weighted by Gasteiger charge is 2.34. The van der Waals surface area contributed by atoms with E-state index in [0.717, 1.165) is 16.7 Å². The lowest BCUT2D eigenvalue weighted by atomic mass is 9.94. The molecule has 10 heteroatoms. The summed E-state index contributed by atoms with van der Waals surface area (Å²) < 4.78 is 39.7. The first-order valence-electron chi connectivity index (χ1n) is 12.7. The minimum absolute atomic E-state index is 0.0517. The van der Waals surface area contributed by atoms with Crippen LogP contribution in [0.3, 0.4) is 0 Å². The van der Waals surface area contributed by atoms with Crippen molar-refractivity contribution in [2.24, 2.45) is 5.92 Å². The van der Waals surface area contributed by atoms with Crippen LogP contribution in [0.15, 0.2) is 57.9 Å². The summed E-state index contributed by atoms with van der Waals surface area (Å²) in [7, 11) is -2.39. The molecule has 1 N–H and O–H groups in total. The van der Waals surface area contributed by atoms with Crippen LogP contribution in [-0.2, 0) is 21.4 Å². The molecule has 0 saturated carbocycles. The van der Waals surface area contributed by atoms with E-state index < -0.39 is 22.2 Å². The molecule has 38 heavy (non-hydrogen) atoms. The lowest BCUT2D eigenvalue weighted by Gasteiger charge is -2.35. The molecule has 204 valence electrons. The van der Waals surface area contributed by atoms with Crippen molar-refractivity contribution in [3.8, 4) is 11.1 Å². The molecule has 0 radical (unpaired) electrons. The van der Waals surface area contributed by atoms with Crippen LogP contribution in [-0.4, -0.2) is 72.7 Å². The number of aryl methyl sites for hydroxylation is 2. The molecule has 2 aromatic carbocycles. The Morgan fingerprint density at radius 2 is 1.74 bits per heavy atom. The van der Waals surface area contributed by atoms with Crippen molar-refractivity contribution in [1.82, 2.24) is 14.4 Å². The quantitative estimate of drug-likeness (QED) is 0.507. The van der Waals surface area contributed by atoms with E-state index in [1.54, 1.807) is 31.7 Å². The van der Waals surface area contributed by atoms with Crippen molar-refractivity contribution in [3.63, 3.8) is 0 Å². The number of amides is 1. The molecule has 0 unspecified atom stereocenters. The van der Waals surface area contributed by atoms with Crippen molar-refractivity contribution >= 4 is 15.9 Å². The number of hydrogen-bond acceptors (Lipinski definition) is 7. The molecule has 0 aliphatic carbocycles. The van der Waals surface area contributed by atoms with Crippen LogP contribution in [0.1, 0.15) is 41.2 Å². The van der Waals surface area contributed by atoms with Gasteiger partial charge < -0.3 is 19.3 Å². The van der Waals surface area contributed by atoms with Gasteiger partial charge in [0, 0.05) is 31.6 Å². The maximum absolute atomic E-state index is 13.9. The molecule has 0 bridgehead atoms. The Morgan fingerprint density at radius 1 is 1.11 bits per heavy atom. The smallest absolute Gasteiger partial charge is 0.254 e.